The van der Waals surface area contributed by atoms with Gasteiger partial charge in [0, 0.05) is 4.47 Å². The Hall–Kier alpha value is -1.01. The summed E-state index contributed by atoms with van der Waals surface area (Å²) in [6, 6.07) is 7.56. The molecule has 0 saturated carbocycles. The molecule has 0 radical (unpaired) electrons. The van der Waals surface area contributed by atoms with Crippen LogP contribution in [0, 0.1) is 11.3 Å². The highest BCUT2D eigenvalue weighted by atomic mass is 79.9. The molecular weight excluding hydrogens is 242 g/mol. The molecule has 0 heterocycles. The fourth-order valence-corrected chi connectivity index (χ4v) is 1.35. The zero-order chi connectivity index (χ0) is 10.6. The number of halogens is 1. The third kappa shape index (κ3) is 2.74. The first-order chi connectivity index (χ1) is 6.67. The predicted octanol–water partition coefficient (Wildman–Crippen LogP) is 3.50. The Morgan fingerprint density at radius 1 is 1.57 bits per heavy atom. The summed E-state index contributed by atoms with van der Waals surface area (Å²) in [4.78, 5) is 0. The van der Waals surface area contributed by atoms with Gasteiger partial charge in [-0.25, -0.2) is 0 Å². The van der Waals surface area contributed by atoms with Crippen molar-refractivity contribution in [1.29, 1.82) is 5.26 Å². The minimum Gasteiger partial charge on any atom is -0.489 e. The molecular formula is C11H12BrNO. The van der Waals surface area contributed by atoms with Crippen molar-refractivity contribution in [2.75, 3.05) is 0 Å². The van der Waals surface area contributed by atoms with Crippen LogP contribution in [0.3, 0.4) is 0 Å². The highest BCUT2D eigenvalue weighted by Gasteiger charge is 2.06. The lowest BCUT2D eigenvalue weighted by molar-refractivity contribution is 0.217. The lowest BCUT2D eigenvalue weighted by Crippen LogP contribution is -2.10. The van der Waals surface area contributed by atoms with Crippen LogP contribution in [0.5, 0.6) is 5.75 Å². The van der Waals surface area contributed by atoms with Crippen molar-refractivity contribution in [1.82, 2.24) is 0 Å². The molecule has 2 nitrogen and oxygen atoms in total. The maximum atomic E-state index is 8.88. The average molecular weight is 254 g/mol. The van der Waals surface area contributed by atoms with Crippen molar-refractivity contribution in [2.24, 2.45) is 0 Å². The lowest BCUT2D eigenvalue weighted by Gasteiger charge is -2.13. The van der Waals surface area contributed by atoms with Gasteiger partial charge in [0.05, 0.1) is 11.7 Å². The molecule has 0 N–H and O–H groups in total. The SMILES string of the molecule is CCC(C)Oc1ccc(Br)cc1C#N. The first-order valence-corrected chi connectivity index (χ1v) is 5.33. The van der Waals surface area contributed by atoms with E-state index >= 15 is 0 Å². The summed E-state index contributed by atoms with van der Waals surface area (Å²) >= 11 is 3.31. The van der Waals surface area contributed by atoms with E-state index in [-0.39, 0.29) is 6.10 Å². The Morgan fingerprint density at radius 3 is 2.86 bits per heavy atom. The Labute approximate surface area is 92.6 Å². The zero-order valence-corrected chi connectivity index (χ0v) is 9.84. The van der Waals surface area contributed by atoms with Gasteiger partial charge in [-0.15, -0.1) is 0 Å². The van der Waals surface area contributed by atoms with Gasteiger partial charge in [0.25, 0.3) is 0 Å². The number of ether oxygens (including phenoxy) is 1. The largest absolute Gasteiger partial charge is 0.489 e. The molecule has 0 aliphatic heterocycles. The van der Waals surface area contributed by atoms with Crippen LogP contribution in [0.15, 0.2) is 22.7 Å². The van der Waals surface area contributed by atoms with E-state index in [1.54, 1.807) is 6.07 Å². The van der Waals surface area contributed by atoms with Gasteiger partial charge >= 0.3 is 0 Å². The minimum absolute atomic E-state index is 0.142. The number of nitriles is 1. The second-order valence-corrected chi connectivity index (χ2v) is 4.00. The molecule has 0 saturated heterocycles. The van der Waals surface area contributed by atoms with E-state index in [1.165, 1.54) is 0 Å². The predicted molar refractivity (Wildman–Crippen MR) is 59.2 cm³/mol. The topological polar surface area (TPSA) is 33.0 Å². The van der Waals surface area contributed by atoms with Crippen molar-refractivity contribution >= 4 is 15.9 Å². The van der Waals surface area contributed by atoms with Gasteiger partial charge in [-0.05, 0) is 31.5 Å². The van der Waals surface area contributed by atoms with Crippen LogP contribution in [0.1, 0.15) is 25.8 Å². The molecule has 0 spiro atoms. The van der Waals surface area contributed by atoms with E-state index in [1.807, 2.05) is 19.1 Å². The first-order valence-electron chi connectivity index (χ1n) is 4.53. The van der Waals surface area contributed by atoms with Crippen LogP contribution >= 0.6 is 15.9 Å². The zero-order valence-electron chi connectivity index (χ0n) is 8.25. The Bertz CT molecular complexity index is 357. The molecule has 0 aromatic heterocycles. The van der Waals surface area contributed by atoms with Crippen LogP contribution in [0.4, 0.5) is 0 Å². The highest BCUT2D eigenvalue weighted by molar-refractivity contribution is 9.10. The number of benzene rings is 1. The van der Waals surface area contributed by atoms with Crippen LogP contribution < -0.4 is 4.74 Å². The molecule has 0 aliphatic rings. The smallest absolute Gasteiger partial charge is 0.137 e. The van der Waals surface area contributed by atoms with E-state index in [2.05, 4.69) is 28.9 Å². The van der Waals surface area contributed by atoms with Gasteiger partial charge in [-0.2, -0.15) is 5.26 Å². The van der Waals surface area contributed by atoms with E-state index in [0.29, 0.717) is 11.3 Å². The van der Waals surface area contributed by atoms with Crippen molar-refractivity contribution in [2.45, 2.75) is 26.4 Å². The van der Waals surface area contributed by atoms with Gasteiger partial charge in [-0.3, -0.25) is 0 Å². The minimum atomic E-state index is 0.142. The molecule has 0 aliphatic carbocycles. The van der Waals surface area contributed by atoms with Gasteiger partial charge in [0.15, 0.2) is 0 Å². The average Bonchev–Trinajstić information content (AvgIpc) is 2.20. The fraction of sp³-hybridized carbons (Fsp3) is 0.364. The summed E-state index contributed by atoms with van der Waals surface area (Å²) in [6.45, 7) is 4.04. The molecule has 3 heteroatoms. The molecule has 14 heavy (non-hydrogen) atoms. The van der Waals surface area contributed by atoms with Crippen LogP contribution in [-0.4, -0.2) is 6.10 Å². The van der Waals surface area contributed by atoms with Crippen LogP contribution in [-0.2, 0) is 0 Å². The van der Waals surface area contributed by atoms with E-state index < -0.39 is 0 Å². The number of hydrogen-bond acceptors (Lipinski definition) is 2. The quantitative estimate of drug-likeness (QED) is 0.827. The van der Waals surface area contributed by atoms with Crippen molar-refractivity contribution in [3.8, 4) is 11.8 Å². The lowest BCUT2D eigenvalue weighted by atomic mass is 10.2. The Morgan fingerprint density at radius 2 is 2.29 bits per heavy atom. The maximum Gasteiger partial charge on any atom is 0.137 e. The van der Waals surface area contributed by atoms with Gasteiger partial charge in [0.2, 0.25) is 0 Å². The molecule has 0 fully saturated rings. The number of nitrogens with zero attached hydrogens (tertiary/aromatic N) is 1. The molecule has 1 aromatic rings. The molecule has 1 rings (SSSR count). The second-order valence-electron chi connectivity index (χ2n) is 3.09. The Kier molecular flexibility index (Phi) is 3.97. The molecule has 74 valence electrons. The van der Waals surface area contributed by atoms with E-state index in [4.69, 9.17) is 10.00 Å². The molecule has 1 atom stereocenters. The third-order valence-corrected chi connectivity index (χ3v) is 2.46. The van der Waals surface area contributed by atoms with Crippen molar-refractivity contribution < 1.29 is 4.74 Å². The number of rotatable bonds is 3. The Balaban J connectivity index is 2.92. The summed E-state index contributed by atoms with van der Waals surface area (Å²) in [5.74, 6) is 0.657. The fourth-order valence-electron chi connectivity index (χ4n) is 0.992. The summed E-state index contributed by atoms with van der Waals surface area (Å²) in [5.41, 5.74) is 0.569. The van der Waals surface area contributed by atoms with Crippen LogP contribution in [0.25, 0.3) is 0 Å². The van der Waals surface area contributed by atoms with Gasteiger partial charge < -0.3 is 4.74 Å². The third-order valence-electron chi connectivity index (χ3n) is 1.97. The molecule has 1 unspecified atom stereocenters. The first kappa shape index (κ1) is 11.1. The second kappa shape index (κ2) is 5.02. The van der Waals surface area contributed by atoms with Crippen molar-refractivity contribution in [3.63, 3.8) is 0 Å². The van der Waals surface area contributed by atoms with Gasteiger partial charge in [0.1, 0.15) is 11.8 Å². The summed E-state index contributed by atoms with van der Waals surface area (Å²) in [6.07, 6.45) is 1.07. The maximum absolute atomic E-state index is 8.88. The number of hydrogen-bond donors (Lipinski definition) is 0. The summed E-state index contributed by atoms with van der Waals surface area (Å²) in [5, 5.41) is 8.88. The standard InChI is InChI=1S/C11H12BrNO/c1-3-8(2)14-11-5-4-10(12)6-9(11)7-13/h4-6,8H,3H2,1-2H3. The summed E-state index contributed by atoms with van der Waals surface area (Å²) in [7, 11) is 0. The monoisotopic (exact) mass is 253 g/mol. The molecule has 1 aromatic carbocycles. The van der Waals surface area contributed by atoms with E-state index in [9.17, 15) is 0 Å². The normalized spacial score (nSPS) is 11.9. The van der Waals surface area contributed by atoms with Gasteiger partial charge in [-0.1, -0.05) is 22.9 Å². The van der Waals surface area contributed by atoms with Crippen LogP contribution in [0.2, 0.25) is 0 Å². The summed E-state index contributed by atoms with van der Waals surface area (Å²) < 4.78 is 6.49. The van der Waals surface area contributed by atoms with E-state index in [0.717, 1.165) is 10.9 Å². The van der Waals surface area contributed by atoms with Crippen molar-refractivity contribution in [3.05, 3.63) is 28.2 Å². The molecule has 0 bridgehead atoms. The molecule has 0 amide bonds. The highest BCUT2D eigenvalue weighted by Crippen LogP contribution is 2.23.